The SMILES string of the molecule is Cc1cc(NC(=O)c2ccc(Cl)nc2)cnc1Cl. The first kappa shape index (κ1) is 12.8. The molecule has 2 aromatic rings. The molecule has 2 heterocycles. The maximum Gasteiger partial charge on any atom is 0.257 e. The molecule has 0 radical (unpaired) electrons. The predicted molar refractivity (Wildman–Crippen MR) is 71.2 cm³/mol. The van der Waals surface area contributed by atoms with Crippen LogP contribution in [0.15, 0.2) is 30.6 Å². The summed E-state index contributed by atoms with van der Waals surface area (Å²) >= 11 is 11.5. The second kappa shape index (κ2) is 5.33. The molecule has 0 saturated heterocycles. The van der Waals surface area contributed by atoms with Crippen LogP contribution in [0.1, 0.15) is 15.9 Å². The number of carbonyl (C=O) groups is 1. The second-order valence-corrected chi connectivity index (χ2v) is 4.40. The Morgan fingerprint density at radius 3 is 2.61 bits per heavy atom. The fourth-order valence-electron chi connectivity index (χ4n) is 1.34. The fourth-order valence-corrected chi connectivity index (χ4v) is 1.55. The number of nitrogens with one attached hydrogen (secondary N) is 1. The van der Waals surface area contributed by atoms with Crippen LogP contribution in [0.2, 0.25) is 10.3 Å². The van der Waals surface area contributed by atoms with E-state index in [2.05, 4.69) is 15.3 Å². The van der Waals surface area contributed by atoms with Gasteiger partial charge in [-0.2, -0.15) is 0 Å². The first-order chi connectivity index (χ1) is 8.56. The molecule has 4 nitrogen and oxygen atoms in total. The molecule has 0 aromatic carbocycles. The molecule has 0 bridgehead atoms. The van der Waals surface area contributed by atoms with Gasteiger partial charge in [-0.05, 0) is 30.7 Å². The molecule has 1 N–H and O–H groups in total. The van der Waals surface area contributed by atoms with E-state index >= 15 is 0 Å². The molecule has 0 spiro atoms. The van der Waals surface area contributed by atoms with Crippen LogP contribution in [0.25, 0.3) is 0 Å². The average Bonchev–Trinajstić information content (AvgIpc) is 2.34. The first-order valence-corrected chi connectivity index (χ1v) is 5.87. The Kier molecular flexibility index (Phi) is 3.79. The first-order valence-electron chi connectivity index (χ1n) is 5.11. The average molecular weight is 282 g/mol. The number of amides is 1. The van der Waals surface area contributed by atoms with Crippen LogP contribution in [0.5, 0.6) is 0 Å². The van der Waals surface area contributed by atoms with Gasteiger partial charge in [0.25, 0.3) is 5.91 Å². The van der Waals surface area contributed by atoms with Crippen LogP contribution in [0.4, 0.5) is 5.69 Å². The van der Waals surface area contributed by atoms with Crippen LogP contribution in [-0.4, -0.2) is 15.9 Å². The second-order valence-electron chi connectivity index (χ2n) is 3.66. The third-order valence-corrected chi connectivity index (χ3v) is 2.88. The van der Waals surface area contributed by atoms with E-state index in [9.17, 15) is 4.79 Å². The van der Waals surface area contributed by atoms with Crippen LogP contribution >= 0.6 is 23.2 Å². The zero-order chi connectivity index (χ0) is 13.1. The van der Waals surface area contributed by atoms with Gasteiger partial charge in [0, 0.05) is 6.20 Å². The Morgan fingerprint density at radius 2 is 2.00 bits per heavy atom. The third-order valence-electron chi connectivity index (χ3n) is 2.26. The van der Waals surface area contributed by atoms with Crippen LogP contribution in [0.3, 0.4) is 0 Å². The highest BCUT2D eigenvalue weighted by Gasteiger charge is 2.07. The van der Waals surface area contributed by atoms with Gasteiger partial charge in [-0.15, -0.1) is 0 Å². The molecule has 0 saturated carbocycles. The zero-order valence-electron chi connectivity index (χ0n) is 9.45. The van der Waals surface area contributed by atoms with E-state index in [1.165, 1.54) is 12.4 Å². The number of hydrogen-bond acceptors (Lipinski definition) is 3. The summed E-state index contributed by atoms with van der Waals surface area (Å²) in [6, 6.07) is 4.90. The van der Waals surface area contributed by atoms with Crippen molar-refractivity contribution in [3.05, 3.63) is 52.0 Å². The van der Waals surface area contributed by atoms with Crippen LogP contribution in [-0.2, 0) is 0 Å². The Balaban J connectivity index is 2.16. The highest BCUT2D eigenvalue weighted by Crippen LogP contribution is 2.17. The summed E-state index contributed by atoms with van der Waals surface area (Å²) in [6.45, 7) is 1.81. The minimum absolute atomic E-state index is 0.275. The number of anilines is 1. The van der Waals surface area contributed by atoms with Gasteiger partial charge in [0.1, 0.15) is 10.3 Å². The molecule has 18 heavy (non-hydrogen) atoms. The van der Waals surface area contributed by atoms with Gasteiger partial charge in [-0.3, -0.25) is 4.79 Å². The number of carbonyl (C=O) groups excluding carboxylic acids is 1. The van der Waals surface area contributed by atoms with E-state index in [1.54, 1.807) is 18.2 Å². The number of halogens is 2. The molecule has 2 rings (SSSR count). The smallest absolute Gasteiger partial charge is 0.257 e. The van der Waals surface area contributed by atoms with E-state index in [-0.39, 0.29) is 5.91 Å². The van der Waals surface area contributed by atoms with Crippen molar-refractivity contribution in [1.29, 1.82) is 0 Å². The Bertz CT molecular complexity index is 584. The number of aromatic nitrogens is 2. The largest absolute Gasteiger partial charge is 0.321 e. The summed E-state index contributed by atoms with van der Waals surface area (Å²) < 4.78 is 0. The summed E-state index contributed by atoms with van der Waals surface area (Å²) in [5.74, 6) is -0.275. The normalized spacial score (nSPS) is 10.2. The highest BCUT2D eigenvalue weighted by molar-refractivity contribution is 6.30. The summed E-state index contributed by atoms with van der Waals surface area (Å²) in [6.07, 6.45) is 2.91. The maximum atomic E-state index is 11.9. The molecule has 6 heteroatoms. The minimum Gasteiger partial charge on any atom is -0.321 e. The number of hydrogen-bond donors (Lipinski definition) is 1. The molecule has 0 unspecified atom stereocenters. The van der Waals surface area contributed by atoms with Crippen molar-refractivity contribution in [1.82, 2.24) is 9.97 Å². The lowest BCUT2D eigenvalue weighted by atomic mass is 10.2. The van der Waals surface area contributed by atoms with Crippen LogP contribution < -0.4 is 5.32 Å². The van der Waals surface area contributed by atoms with Crippen molar-refractivity contribution in [2.75, 3.05) is 5.32 Å². The molecule has 92 valence electrons. The summed E-state index contributed by atoms with van der Waals surface area (Å²) in [5.41, 5.74) is 1.80. The van der Waals surface area contributed by atoms with E-state index in [0.29, 0.717) is 21.6 Å². The van der Waals surface area contributed by atoms with E-state index in [4.69, 9.17) is 23.2 Å². The van der Waals surface area contributed by atoms with Crippen molar-refractivity contribution in [3.63, 3.8) is 0 Å². The Morgan fingerprint density at radius 1 is 1.22 bits per heavy atom. The van der Waals surface area contributed by atoms with E-state index in [1.807, 2.05) is 6.92 Å². The van der Waals surface area contributed by atoms with Gasteiger partial charge in [-0.25, -0.2) is 9.97 Å². The third kappa shape index (κ3) is 2.97. The molecular formula is C12H9Cl2N3O. The zero-order valence-corrected chi connectivity index (χ0v) is 11.0. The summed E-state index contributed by atoms with van der Waals surface area (Å²) in [5, 5.41) is 3.46. The number of nitrogens with zero attached hydrogens (tertiary/aromatic N) is 2. The summed E-state index contributed by atoms with van der Waals surface area (Å²) in [7, 11) is 0. The number of pyridine rings is 2. The van der Waals surface area contributed by atoms with Gasteiger partial charge >= 0.3 is 0 Å². The standard InChI is InChI=1S/C12H9Cl2N3O/c1-7-4-9(6-16-11(7)14)17-12(18)8-2-3-10(13)15-5-8/h2-6H,1H3,(H,17,18). The topological polar surface area (TPSA) is 54.9 Å². The molecular weight excluding hydrogens is 273 g/mol. The van der Waals surface area contributed by atoms with Crippen LogP contribution in [0, 0.1) is 6.92 Å². The molecule has 0 aliphatic carbocycles. The fraction of sp³-hybridized carbons (Fsp3) is 0.0833. The lowest BCUT2D eigenvalue weighted by molar-refractivity contribution is 0.102. The molecule has 0 aliphatic rings. The minimum atomic E-state index is -0.275. The predicted octanol–water partition coefficient (Wildman–Crippen LogP) is 3.34. The maximum absolute atomic E-state index is 11.9. The lowest BCUT2D eigenvalue weighted by Crippen LogP contribution is -2.12. The van der Waals surface area contributed by atoms with E-state index < -0.39 is 0 Å². The van der Waals surface area contributed by atoms with Gasteiger partial charge in [-0.1, -0.05) is 23.2 Å². The van der Waals surface area contributed by atoms with Crippen molar-refractivity contribution in [3.8, 4) is 0 Å². The Labute approximate surface area is 114 Å². The molecule has 1 amide bonds. The van der Waals surface area contributed by atoms with Gasteiger partial charge in [0.2, 0.25) is 0 Å². The number of aryl methyl sites for hydroxylation is 1. The van der Waals surface area contributed by atoms with Crippen molar-refractivity contribution in [2.45, 2.75) is 6.92 Å². The molecule has 0 atom stereocenters. The van der Waals surface area contributed by atoms with Crippen molar-refractivity contribution < 1.29 is 4.79 Å². The highest BCUT2D eigenvalue weighted by atomic mass is 35.5. The lowest BCUT2D eigenvalue weighted by Gasteiger charge is -2.06. The molecule has 0 fully saturated rings. The molecule has 2 aromatic heterocycles. The quantitative estimate of drug-likeness (QED) is 0.859. The van der Waals surface area contributed by atoms with Crippen molar-refractivity contribution >= 4 is 34.8 Å². The van der Waals surface area contributed by atoms with Gasteiger partial charge in [0.05, 0.1) is 17.4 Å². The van der Waals surface area contributed by atoms with Gasteiger partial charge < -0.3 is 5.32 Å². The Hall–Kier alpha value is -1.65. The monoisotopic (exact) mass is 281 g/mol. The number of rotatable bonds is 2. The molecule has 0 aliphatic heterocycles. The summed E-state index contributed by atoms with van der Waals surface area (Å²) in [4.78, 5) is 19.7. The van der Waals surface area contributed by atoms with Crippen molar-refractivity contribution in [2.24, 2.45) is 0 Å². The van der Waals surface area contributed by atoms with E-state index in [0.717, 1.165) is 5.56 Å². The van der Waals surface area contributed by atoms with Gasteiger partial charge in [0.15, 0.2) is 0 Å².